The highest BCUT2D eigenvalue weighted by molar-refractivity contribution is 9.10. The van der Waals surface area contributed by atoms with E-state index in [9.17, 15) is 4.39 Å². The molecule has 1 atom stereocenters. The predicted octanol–water partition coefficient (Wildman–Crippen LogP) is 3.55. The van der Waals surface area contributed by atoms with Crippen molar-refractivity contribution in [2.45, 2.75) is 38.3 Å². The molecule has 0 spiro atoms. The van der Waals surface area contributed by atoms with E-state index in [0.29, 0.717) is 0 Å². The van der Waals surface area contributed by atoms with E-state index in [1.807, 2.05) is 6.07 Å². The van der Waals surface area contributed by atoms with Crippen LogP contribution >= 0.6 is 15.9 Å². The maximum Gasteiger partial charge on any atom is 0.124 e. The smallest absolute Gasteiger partial charge is 0.124 e. The van der Waals surface area contributed by atoms with Gasteiger partial charge < -0.3 is 5.32 Å². The predicted molar refractivity (Wildman–Crippen MR) is 83.1 cm³/mol. The number of hydrogen-bond donors (Lipinski definition) is 1. The average Bonchev–Trinajstić information content (AvgIpc) is 2.92. The first-order valence-corrected chi connectivity index (χ1v) is 8.41. The van der Waals surface area contributed by atoms with Gasteiger partial charge >= 0.3 is 0 Å². The van der Waals surface area contributed by atoms with Crippen LogP contribution in [0.2, 0.25) is 0 Å². The summed E-state index contributed by atoms with van der Waals surface area (Å²) < 4.78 is 14.2. The molecule has 2 saturated heterocycles. The number of nitrogens with zero attached hydrogens (tertiary/aromatic N) is 1. The molecule has 0 aliphatic carbocycles. The van der Waals surface area contributed by atoms with Crippen molar-refractivity contribution in [3.8, 4) is 0 Å². The van der Waals surface area contributed by atoms with Gasteiger partial charge in [-0.05, 0) is 75.0 Å². The Balaban J connectivity index is 1.53. The van der Waals surface area contributed by atoms with E-state index in [4.69, 9.17) is 0 Å². The largest absolute Gasteiger partial charge is 0.314 e. The zero-order valence-corrected chi connectivity index (χ0v) is 13.3. The van der Waals surface area contributed by atoms with Gasteiger partial charge in [-0.25, -0.2) is 4.39 Å². The van der Waals surface area contributed by atoms with Gasteiger partial charge in [0, 0.05) is 17.1 Å². The van der Waals surface area contributed by atoms with Crippen LogP contribution < -0.4 is 5.32 Å². The normalized spacial score (nSPS) is 25.2. The second kappa shape index (κ2) is 6.54. The van der Waals surface area contributed by atoms with Crippen LogP contribution in [-0.2, 0) is 6.54 Å². The van der Waals surface area contributed by atoms with Crippen LogP contribution in [0.5, 0.6) is 0 Å². The Bertz CT molecular complexity index is 432. The zero-order valence-electron chi connectivity index (χ0n) is 11.7. The minimum atomic E-state index is -0.153. The molecule has 20 heavy (non-hydrogen) atoms. The Labute approximate surface area is 128 Å². The van der Waals surface area contributed by atoms with E-state index < -0.39 is 0 Å². The summed E-state index contributed by atoms with van der Waals surface area (Å²) in [6, 6.07) is 5.94. The highest BCUT2D eigenvalue weighted by Crippen LogP contribution is 2.26. The number of piperidine rings is 1. The molecule has 1 N–H and O–H groups in total. The number of benzene rings is 1. The molecular formula is C16H22BrFN2. The molecule has 0 radical (unpaired) electrons. The Kier molecular flexibility index (Phi) is 4.74. The molecule has 0 aromatic heterocycles. The zero-order chi connectivity index (χ0) is 13.9. The number of halogens is 2. The van der Waals surface area contributed by atoms with Crippen LogP contribution in [0.15, 0.2) is 22.7 Å². The van der Waals surface area contributed by atoms with Gasteiger partial charge in [0.15, 0.2) is 0 Å². The molecule has 0 bridgehead atoms. The molecule has 1 unspecified atom stereocenters. The molecular weight excluding hydrogens is 319 g/mol. The molecule has 0 saturated carbocycles. The molecule has 4 heteroatoms. The van der Waals surface area contributed by atoms with Crippen molar-refractivity contribution >= 4 is 15.9 Å². The summed E-state index contributed by atoms with van der Waals surface area (Å²) in [5.74, 6) is 0.687. The fourth-order valence-corrected chi connectivity index (χ4v) is 4.10. The SMILES string of the molecule is Fc1cc(Br)cc(CN2CCC(C3CCCN3)CC2)c1. The highest BCUT2D eigenvalue weighted by Gasteiger charge is 2.28. The van der Waals surface area contributed by atoms with Crippen molar-refractivity contribution in [1.82, 2.24) is 10.2 Å². The van der Waals surface area contributed by atoms with Gasteiger partial charge in [-0.3, -0.25) is 4.90 Å². The topological polar surface area (TPSA) is 15.3 Å². The number of hydrogen-bond acceptors (Lipinski definition) is 2. The van der Waals surface area contributed by atoms with Gasteiger partial charge in [0.25, 0.3) is 0 Å². The molecule has 2 aliphatic heterocycles. The molecule has 1 aromatic rings. The Morgan fingerprint density at radius 1 is 1.20 bits per heavy atom. The second-order valence-electron chi connectivity index (χ2n) is 6.09. The van der Waals surface area contributed by atoms with Crippen molar-refractivity contribution in [2.24, 2.45) is 5.92 Å². The van der Waals surface area contributed by atoms with Crippen molar-refractivity contribution in [3.05, 3.63) is 34.1 Å². The van der Waals surface area contributed by atoms with Crippen LogP contribution in [0.4, 0.5) is 4.39 Å². The van der Waals surface area contributed by atoms with E-state index >= 15 is 0 Å². The Hall–Kier alpha value is -0.450. The maximum absolute atomic E-state index is 13.4. The third-order valence-electron chi connectivity index (χ3n) is 4.63. The van der Waals surface area contributed by atoms with Gasteiger partial charge in [-0.2, -0.15) is 0 Å². The molecule has 2 aliphatic rings. The molecule has 1 aromatic carbocycles. The van der Waals surface area contributed by atoms with E-state index in [0.717, 1.165) is 41.6 Å². The average molecular weight is 341 g/mol. The lowest BCUT2D eigenvalue weighted by Crippen LogP contribution is -2.40. The Morgan fingerprint density at radius 2 is 2.00 bits per heavy atom. The third-order valence-corrected chi connectivity index (χ3v) is 5.09. The minimum absolute atomic E-state index is 0.153. The van der Waals surface area contributed by atoms with Crippen molar-refractivity contribution < 1.29 is 4.39 Å². The summed E-state index contributed by atoms with van der Waals surface area (Å²) >= 11 is 3.37. The fraction of sp³-hybridized carbons (Fsp3) is 0.625. The number of likely N-dealkylation sites (tertiary alicyclic amines) is 1. The summed E-state index contributed by atoms with van der Waals surface area (Å²) in [6.07, 6.45) is 5.23. The van der Waals surface area contributed by atoms with Gasteiger partial charge in [0.05, 0.1) is 0 Å². The minimum Gasteiger partial charge on any atom is -0.314 e. The van der Waals surface area contributed by atoms with Crippen LogP contribution in [0, 0.1) is 11.7 Å². The molecule has 0 amide bonds. The van der Waals surface area contributed by atoms with Crippen molar-refractivity contribution in [2.75, 3.05) is 19.6 Å². The third kappa shape index (κ3) is 3.60. The first-order chi connectivity index (χ1) is 9.70. The molecule has 2 heterocycles. The van der Waals surface area contributed by atoms with Gasteiger partial charge in [-0.1, -0.05) is 15.9 Å². The van der Waals surface area contributed by atoms with Gasteiger partial charge in [-0.15, -0.1) is 0 Å². The van der Waals surface area contributed by atoms with Gasteiger partial charge in [0.1, 0.15) is 5.82 Å². The van der Waals surface area contributed by atoms with Crippen LogP contribution in [0.1, 0.15) is 31.2 Å². The first kappa shape index (κ1) is 14.5. The summed E-state index contributed by atoms with van der Waals surface area (Å²) in [5, 5.41) is 3.63. The van der Waals surface area contributed by atoms with Gasteiger partial charge in [0.2, 0.25) is 0 Å². The summed E-state index contributed by atoms with van der Waals surface area (Å²) in [6.45, 7) is 4.33. The summed E-state index contributed by atoms with van der Waals surface area (Å²) in [7, 11) is 0. The van der Waals surface area contributed by atoms with E-state index in [1.54, 1.807) is 6.07 Å². The molecule has 2 nitrogen and oxygen atoms in total. The van der Waals surface area contributed by atoms with Crippen molar-refractivity contribution in [1.29, 1.82) is 0 Å². The summed E-state index contributed by atoms with van der Waals surface area (Å²) in [5.41, 5.74) is 1.06. The standard InChI is InChI=1S/C16H22BrFN2/c17-14-8-12(9-15(18)10-14)11-20-6-3-13(4-7-20)16-2-1-5-19-16/h8-10,13,16,19H,1-7,11H2. The lowest BCUT2D eigenvalue weighted by Gasteiger charge is -2.35. The second-order valence-corrected chi connectivity index (χ2v) is 7.01. The quantitative estimate of drug-likeness (QED) is 0.905. The van der Waals surface area contributed by atoms with Crippen LogP contribution in [0.3, 0.4) is 0 Å². The molecule has 110 valence electrons. The molecule has 2 fully saturated rings. The number of rotatable bonds is 3. The number of nitrogens with one attached hydrogen (secondary N) is 1. The lowest BCUT2D eigenvalue weighted by atomic mass is 9.88. The Morgan fingerprint density at radius 3 is 2.65 bits per heavy atom. The lowest BCUT2D eigenvalue weighted by molar-refractivity contribution is 0.157. The maximum atomic E-state index is 13.4. The van der Waals surface area contributed by atoms with E-state index in [2.05, 4.69) is 26.1 Å². The molecule has 3 rings (SSSR count). The monoisotopic (exact) mass is 340 g/mol. The highest BCUT2D eigenvalue weighted by atomic mass is 79.9. The first-order valence-electron chi connectivity index (χ1n) is 7.61. The van der Waals surface area contributed by atoms with Crippen LogP contribution in [-0.4, -0.2) is 30.6 Å². The van der Waals surface area contributed by atoms with E-state index in [-0.39, 0.29) is 5.82 Å². The van der Waals surface area contributed by atoms with Crippen LogP contribution in [0.25, 0.3) is 0 Å². The van der Waals surface area contributed by atoms with E-state index in [1.165, 1.54) is 38.3 Å². The van der Waals surface area contributed by atoms with Crippen molar-refractivity contribution in [3.63, 3.8) is 0 Å². The summed E-state index contributed by atoms with van der Waals surface area (Å²) in [4.78, 5) is 2.45. The fourth-order valence-electron chi connectivity index (χ4n) is 3.59.